The molecule has 33 heavy (non-hydrogen) atoms. The van der Waals surface area contributed by atoms with Crippen LogP contribution in [0.4, 0.5) is 17.6 Å². The van der Waals surface area contributed by atoms with Gasteiger partial charge in [-0.1, -0.05) is 40.5 Å². The third kappa shape index (κ3) is 4.07. The number of rotatable bonds is 4. The summed E-state index contributed by atoms with van der Waals surface area (Å²) >= 11 is 11.9. The van der Waals surface area contributed by atoms with Crippen molar-refractivity contribution in [3.8, 4) is 28.3 Å². The number of carbonyl (C=O) groups excluding carboxylic acids is 1. The number of hydrogen-bond donors (Lipinski definition) is 0. The van der Waals surface area contributed by atoms with Crippen LogP contribution in [-0.4, -0.2) is 28.0 Å². The van der Waals surface area contributed by atoms with Crippen LogP contribution >= 0.6 is 23.2 Å². The molecule has 0 unspecified atom stereocenters. The number of nitrogens with zero attached hydrogens (tertiary/aromatic N) is 3. The molecule has 2 aromatic carbocycles. The van der Waals surface area contributed by atoms with Crippen LogP contribution in [0.5, 0.6) is 0 Å². The Labute approximate surface area is 197 Å². The SMILES string of the molecule is [2H]c1cc([2H])c(-n2ncc(-c3onc(-c4c(F)cccc4Cl)c3C(=O)OC)c2C(F)(F)F)c([2H])c1Cl. The lowest BCUT2D eigenvalue weighted by atomic mass is 10.0. The minimum atomic E-state index is -5.17. The van der Waals surface area contributed by atoms with Crippen molar-refractivity contribution >= 4 is 29.2 Å². The summed E-state index contributed by atoms with van der Waals surface area (Å²) in [6.45, 7) is 0. The first kappa shape index (κ1) is 19.1. The molecule has 0 spiro atoms. The van der Waals surface area contributed by atoms with Crippen molar-refractivity contribution in [2.75, 3.05) is 7.11 Å². The molecule has 0 atom stereocenters. The van der Waals surface area contributed by atoms with Gasteiger partial charge in [-0.2, -0.15) is 18.3 Å². The molecule has 0 saturated carbocycles. The topological polar surface area (TPSA) is 70.2 Å². The Morgan fingerprint density at radius 2 is 2.00 bits per heavy atom. The van der Waals surface area contributed by atoms with Crippen molar-refractivity contribution in [2.24, 2.45) is 0 Å². The molecule has 0 aliphatic rings. The molecule has 0 amide bonds. The summed E-state index contributed by atoms with van der Waals surface area (Å²) in [5.41, 5.74) is -4.62. The maximum atomic E-state index is 14.6. The van der Waals surface area contributed by atoms with Crippen LogP contribution in [0.25, 0.3) is 28.3 Å². The van der Waals surface area contributed by atoms with Gasteiger partial charge >= 0.3 is 12.1 Å². The number of esters is 1. The van der Waals surface area contributed by atoms with Gasteiger partial charge in [-0.15, -0.1) is 0 Å². The van der Waals surface area contributed by atoms with E-state index >= 15 is 0 Å². The van der Waals surface area contributed by atoms with Gasteiger partial charge in [0.05, 0.1) is 39.3 Å². The van der Waals surface area contributed by atoms with Crippen LogP contribution in [0.15, 0.2) is 53.1 Å². The molecule has 6 nitrogen and oxygen atoms in total. The van der Waals surface area contributed by atoms with Crippen LogP contribution in [0.2, 0.25) is 10.0 Å². The molecule has 2 heterocycles. The van der Waals surface area contributed by atoms with Gasteiger partial charge in [0.1, 0.15) is 17.1 Å². The van der Waals surface area contributed by atoms with Crippen molar-refractivity contribution < 1.29 is 35.7 Å². The Kier molecular flexibility index (Phi) is 4.94. The predicted molar refractivity (Wildman–Crippen MR) is 111 cm³/mol. The lowest BCUT2D eigenvalue weighted by Gasteiger charge is -2.12. The lowest BCUT2D eigenvalue weighted by Crippen LogP contribution is -2.15. The third-order valence-electron chi connectivity index (χ3n) is 4.41. The molecule has 0 N–H and O–H groups in total. The molecular weight excluding hydrogens is 489 g/mol. The molecule has 2 aromatic heterocycles. The highest BCUT2D eigenvalue weighted by Crippen LogP contribution is 2.43. The van der Waals surface area contributed by atoms with Gasteiger partial charge in [0.25, 0.3) is 0 Å². The van der Waals surface area contributed by atoms with Gasteiger partial charge in [0.2, 0.25) is 0 Å². The first-order valence-corrected chi connectivity index (χ1v) is 9.58. The van der Waals surface area contributed by atoms with Crippen molar-refractivity contribution in [2.45, 2.75) is 6.18 Å². The minimum absolute atomic E-state index is 0.199. The van der Waals surface area contributed by atoms with E-state index in [9.17, 15) is 22.4 Å². The molecule has 0 fully saturated rings. The normalized spacial score (nSPS) is 12.9. The summed E-state index contributed by atoms with van der Waals surface area (Å²) in [5.74, 6) is -2.90. The zero-order chi connectivity index (χ0) is 26.5. The van der Waals surface area contributed by atoms with Gasteiger partial charge in [-0.25, -0.2) is 13.9 Å². The number of methoxy groups -OCH3 is 1. The first-order valence-electron chi connectivity index (χ1n) is 10.3. The number of benzene rings is 2. The quantitative estimate of drug-likeness (QED) is 0.237. The molecule has 0 radical (unpaired) electrons. The molecule has 0 bridgehead atoms. The zero-order valence-corrected chi connectivity index (χ0v) is 17.7. The number of ether oxygens (including phenoxy) is 1. The average molecular weight is 503 g/mol. The number of alkyl halides is 3. The second-order valence-electron chi connectivity index (χ2n) is 6.36. The molecular formula is C21H11Cl2F4N3O3. The van der Waals surface area contributed by atoms with E-state index in [0.29, 0.717) is 6.20 Å². The molecule has 0 saturated heterocycles. The van der Waals surface area contributed by atoms with Gasteiger partial charge in [-0.3, -0.25) is 0 Å². The second-order valence-corrected chi connectivity index (χ2v) is 7.15. The smallest absolute Gasteiger partial charge is 0.434 e. The summed E-state index contributed by atoms with van der Waals surface area (Å²) in [5, 5.41) is 6.55. The van der Waals surface area contributed by atoms with E-state index in [2.05, 4.69) is 15.0 Å². The highest BCUT2D eigenvalue weighted by atomic mass is 35.5. The van der Waals surface area contributed by atoms with E-state index in [1.165, 1.54) is 12.1 Å². The summed E-state index contributed by atoms with van der Waals surface area (Å²) < 4.78 is 91.2. The van der Waals surface area contributed by atoms with Crippen molar-refractivity contribution in [1.29, 1.82) is 0 Å². The van der Waals surface area contributed by atoms with Crippen molar-refractivity contribution in [3.05, 3.63) is 75.7 Å². The predicted octanol–water partition coefficient (Wildman–Crippen LogP) is 6.45. The van der Waals surface area contributed by atoms with Crippen LogP contribution in [-0.2, 0) is 10.9 Å². The van der Waals surface area contributed by atoms with Crippen LogP contribution in [0.1, 0.15) is 20.2 Å². The van der Waals surface area contributed by atoms with Crippen LogP contribution in [0.3, 0.4) is 0 Å². The Morgan fingerprint density at radius 1 is 1.24 bits per heavy atom. The van der Waals surface area contributed by atoms with Gasteiger partial charge < -0.3 is 9.26 Å². The highest BCUT2D eigenvalue weighted by molar-refractivity contribution is 6.33. The molecule has 0 aliphatic carbocycles. The zero-order valence-electron chi connectivity index (χ0n) is 19.2. The molecule has 12 heteroatoms. The van der Waals surface area contributed by atoms with E-state index in [1.807, 2.05) is 0 Å². The van der Waals surface area contributed by atoms with Gasteiger partial charge in [-0.05, 0) is 30.3 Å². The standard InChI is InChI=1S/C21H11Cl2F4N3O3/c1-32-20(31)16-17(15-13(23)6-3-7-14(15)24)29-33-18(16)12-9-28-30(19(12)21(25,26)27)11-5-2-4-10(22)8-11/h2-9H,1H3/i4D,5D,8D. The van der Waals surface area contributed by atoms with E-state index in [4.69, 9.17) is 31.8 Å². The molecule has 170 valence electrons. The fourth-order valence-electron chi connectivity index (χ4n) is 3.08. The highest BCUT2D eigenvalue weighted by Gasteiger charge is 2.42. The summed E-state index contributed by atoms with van der Waals surface area (Å²) in [7, 11) is 0.948. The maximum Gasteiger partial charge on any atom is 0.434 e. The van der Waals surface area contributed by atoms with E-state index in [0.717, 1.165) is 19.2 Å². The number of hydrogen-bond acceptors (Lipinski definition) is 5. The van der Waals surface area contributed by atoms with E-state index in [1.54, 1.807) is 0 Å². The lowest BCUT2D eigenvalue weighted by molar-refractivity contribution is -0.142. The van der Waals surface area contributed by atoms with Crippen molar-refractivity contribution in [3.63, 3.8) is 0 Å². The monoisotopic (exact) mass is 502 g/mol. The molecule has 0 aliphatic heterocycles. The summed E-state index contributed by atoms with van der Waals surface area (Å²) in [6.07, 6.45) is -4.50. The largest absolute Gasteiger partial charge is 0.465 e. The third-order valence-corrected chi connectivity index (χ3v) is 4.93. The number of aromatic nitrogens is 3. The number of carbonyl (C=O) groups is 1. The Bertz CT molecular complexity index is 1500. The van der Waals surface area contributed by atoms with E-state index < -0.39 is 80.6 Å². The number of halogens is 6. The summed E-state index contributed by atoms with van der Waals surface area (Å²) in [4.78, 5) is 12.6. The van der Waals surface area contributed by atoms with Gasteiger partial charge in [0, 0.05) is 5.02 Å². The fraction of sp³-hybridized carbons (Fsp3) is 0.0952. The first-order chi connectivity index (χ1) is 16.9. The summed E-state index contributed by atoms with van der Waals surface area (Å²) in [6, 6.07) is 2.57. The average Bonchev–Trinajstić information content (AvgIpc) is 3.41. The molecule has 4 aromatic rings. The Morgan fingerprint density at radius 3 is 2.67 bits per heavy atom. The van der Waals surface area contributed by atoms with Gasteiger partial charge in [0.15, 0.2) is 11.5 Å². The van der Waals surface area contributed by atoms with Crippen LogP contribution < -0.4 is 0 Å². The van der Waals surface area contributed by atoms with E-state index in [-0.39, 0.29) is 9.70 Å². The van der Waals surface area contributed by atoms with Crippen molar-refractivity contribution in [1.82, 2.24) is 14.9 Å². The Balaban J connectivity index is 2.06. The van der Waals surface area contributed by atoms with Crippen LogP contribution in [0, 0.1) is 5.82 Å². The Hall–Kier alpha value is -3.37. The maximum absolute atomic E-state index is 14.6. The second kappa shape index (κ2) is 8.53. The fourth-order valence-corrected chi connectivity index (χ4v) is 3.47. The minimum Gasteiger partial charge on any atom is -0.465 e. The molecule has 4 rings (SSSR count).